The van der Waals surface area contributed by atoms with Gasteiger partial charge >= 0.3 is 5.97 Å². The molecule has 0 N–H and O–H groups in total. The summed E-state index contributed by atoms with van der Waals surface area (Å²) in [6, 6.07) is 16.4. The summed E-state index contributed by atoms with van der Waals surface area (Å²) in [5.41, 5.74) is 2.41. The Hall–Kier alpha value is -2.29. The van der Waals surface area contributed by atoms with Crippen molar-refractivity contribution >= 4 is 5.97 Å². The van der Waals surface area contributed by atoms with E-state index >= 15 is 0 Å². The molecule has 2 unspecified atom stereocenters. The van der Waals surface area contributed by atoms with Gasteiger partial charge in [-0.25, -0.2) is 0 Å². The van der Waals surface area contributed by atoms with Crippen molar-refractivity contribution in [3.8, 4) is 11.5 Å². The smallest absolute Gasteiger partial charge is 0.308 e. The molecule has 0 bridgehead atoms. The number of hydrogen-bond acceptors (Lipinski definition) is 3. The summed E-state index contributed by atoms with van der Waals surface area (Å²) in [5, 5.41) is 0. The number of benzene rings is 2. The molecular weight excluding hydrogens is 336 g/mol. The summed E-state index contributed by atoms with van der Waals surface area (Å²) >= 11 is 0. The second-order valence-corrected chi connectivity index (χ2v) is 7.30. The Labute approximate surface area is 163 Å². The molecule has 0 saturated heterocycles. The molecule has 146 valence electrons. The van der Waals surface area contributed by atoms with E-state index < -0.39 is 0 Å². The summed E-state index contributed by atoms with van der Waals surface area (Å²) in [4.78, 5) is 11.2. The van der Waals surface area contributed by atoms with Crippen LogP contribution in [0.2, 0.25) is 0 Å². The minimum Gasteiger partial charge on any atom is -0.497 e. The van der Waals surface area contributed by atoms with E-state index in [9.17, 15) is 4.79 Å². The number of esters is 1. The van der Waals surface area contributed by atoms with Gasteiger partial charge in [0.2, 0.25) is 0 Å². The van der Waals surface area contributed by atoms with Crippen LogP contribution in [0.1, 0.15) is 64.5 Å². The van der Waals surface area contributed by atoms with Gasteiger partial charge in [0, 0.05) is 12.3 Å². The average Bonchev–Trinajstić information content (AvgIpc) is 2.68. The van der Waals surface area contributed by atoms with E-state index in [1.807, 2.05) is 24.3 Å². The van der Waals surface area contributed by atoms with Crippen LogP contribution >= 0.6 is 0 Å². The molecule has 0 amide bonds. The number of unbranched alkanes of at least 4 members (excludes halogenated alkanes) is 1. The van der Waals surface area contributed by atoms with Crippen LogP contribution in [0, 0.1) is 5.92 Å². The number of carbonyl (C=O) groups excluding carboxylic acids is 1. The first-order valence-corrected chi connectivity index (χ1v) is 9.89. The van der Waals surface area contributed by atoms with Crippen molar-refractivity contribution in [3.05, 3.63) is 59.7 Å². The van der Waals surface area contributed by atoms with Crippen LogP contribution in [-0.2, 0) is 10.2 Å². The fourth-order valence-corrected chi connectivity index (χ4v) is 3.96. The maximum absolute atomic E-state index is 11.2. The Kier molecular flexibility index (Phi) is 7.46. The number of hydrogen-bond donors (Lipinski definition) is 0. The highest BCUT2D eigenvalue weighted by molar-refractivity contribution is 5.69. The Morgan fingerprint density at radius 3 is 1.89 bits per heavy atom. The lowest BCUT2D eigenvalue weighted by Gasteiger charge is -2.39. The average molecular weight is 369 g/mol. The number of methoxy groups -OCH3 is 1. The maximum Gasteiger partial charge on any atom is 0.308 e. The molecule has 0 aliphatic rings. The molecule has 2 aromatic carbocycles. The highest BCUT2D eigenvalue weighted by Crippen LogP contribution is 2.43. The molecule has 0 aliphatic carbocycles. The Bertz CT molecular complexity index is 718. The zero-order valence-corrected chi connectivity index (χ0v) is 17.2. The van der Waals surface area contributed by atoms with Gasteiger partial charge in [-0.1, -0.05) is 64.3 Å². The molecule has 2 aromatic rings. The van der Waals surface area contributed by atoms with Gasteiger partial charge in [0.25, 0.3) is 0 Å². The molecule has 0 saturated carbocycles. The molecule has 0 fully saturated rings. The Balaban J connectivity index is 2.48. The van der Waals surface area contributed by atoms with Gasteiger partial charge in [0.1, 0.15) is 11.5 Å². The monoisotopic (exact) mass is 368 g/mol. The normalized spacial score (nSPS) is 14.3. The van der Waals surface area contributed by atoms with Crippen molar-refractivity contribution in [1.29, 1.82) is 0 Å². The van der Waals surface area contributed by atoms with E-state index in [1.165, 1.54) is 37.3 Å². The highest BCUT2D eigenvalue weighted by Gasteiger charge is 2.36. The maximum atomic E-state index is 11.2. The summed E-state index contributed by atoms with van der Waals surface area (Å²) in [6.07, 6.45) is 4.70. The fraction of sp³-hybridized carbons (Fsp3) is 0.458. The zero-order valence-electron chi connectivity index (χ0n) is 17.2. The van der Waals surface area contributed by atoms with Crippen LogP contribution < -0.4 is 9.47 Å². The van der Waals surface area contributed by atoms with E-state index in [0.717, 1.165) is 12.2 Å². The third-order valence-electron chi connectivity index (χ3n) is 5.62. The fourth-order valence-electron chi connectivity index (χ4n) is 3.96. The second kappa shape index (κ2) is 9.59. The third-order valence-corrected chi connectivity index (χ3v) is 5.62. The minimum absolute atomic E-state index is 0.120. The summed E-state index contributed by atoms with van der Waals surface area (Å²) in [7, 11) is 1.69. The molecular formula is C24H32O3. The molecule has 0 aromatic heterocycles. The van der Waals surface area contributed by atoms with Crippen molar-refractivity contribution in [2.24, 2.45) is 5.92 Å². The predicted octanol–water partition coefficient (Wildman–Crippen LogP) is 6.14. The van der Waals surface area contributed by atoms with Crippen LogP contribution in [0.4, 0.5) is 0 Å². The second-order valence-electron chi connectivity index (χ2n) is 7.30. The van der Waals surface area contributed by atoms with Gasteiger partial charge in [-0.3, -0.25) is 4.79 Å². The minimum atomic E-state index is -0.296. The first kappa shape index (κ1) is 21.0. The molecule has 3 heteroatoms. The molecule has 0 spiro atoms. The standard InChI is InChI=1S/C24H32O3/c1-6-8-9-19(7-2)24(4,20-10-14-22(26-5)15-11-20)21-12-16-23(17-13-21)27-18(3)25/h10-17,19H,6-9H2,1-5H3. The van der Waals surface area contributed by atoms with Gasteiger partial charge < -0.3 is 9.47 Å². The van der Waals surface area contributed by atoms with Gasteiger partial charge in [-0.05, 0) is 47.7 Å². The summed E-state index contributed by atoms with van der Waals surface area (Å²) in [5.74, 6) is 1.68. The van der Waals surface area contributed by atoms with Crippen LogP contribution in [0.5, 0.6) is 11.5 Å². The third kappa shape index (κ3) is 4.91. The first-order chi connectivity index (χ1) is 12.9. The molecule has 2 rings (SSSR count). The van der Waals surface area contributed by atoms with Crippen molar-refractivity contribution in [2.45, 2.75) is 58.8 Å². The highest BCUT2D eigenvalue weighted by atomic mass is 16.5. The van der Waals surface area contributed by atoms with Crippen molar-refractivity contribution in [2.75, 3.05) is 7.11 Å². The van der Waals surface area contributed by atoms with Crippen LogP contribution in [0.3, 0.4) is 0 Å². The Morgan fingerprint density at radius 2 is 1.48 bits per heavy atom. The van der Waals surface area contributed by atoms with Crippen molar-refractivity contribution in [3.63, 3.8) is 0 Å². The summed E-state index contributed by atoms with van der Waals surface area (Å²) < 4.78 is 10.6. The topological polar surface area (TPSA) is 35.5 Å². The molecule has 27 heavy (non-hydrogen) atoms. The lowest BCUT2D eigenvalue weighted by Crippen LogP contribution is -2.33. The van der Waals surface area contributed by atoms with E-state index in [4.69, 9.17) is 9.47 Å². The lowest BCUT2D eigenvalue weighted by molar-refractivity contribution is -0.131. The lowest BCUT2D eigenvalue weighted by atomic mass is 9.65. The van der Waals surface area contributed by atoms with E-state index in [0.29, 0.717) is 11.7 Å². The molecule has 3 nitrogen and oxygen atoms in total. The molecule has 0 radical (unpaired) electrons. The first-order valence-electron chi connectivity index (χ1n) is 9.89. The summed E-state index contributed by atoms with van der Waals surface area (Å²) in [6.45, 7) is 8.27. The number of ether oxygens (including phenoxy) is 2. The largest absolute Gasteiger partial charge is 0.497 e. The Morgan fingerprint density at radius 1 is 0.963 bits per heavy atom. The van der Waals surface area contributed by atoms with Gasteiger partial charge in [-0.15, -0.1) is 0 Å². The number of rotatable bonds is 9. The number of carbonyl (C=O) groups is 1. The van der Waals surface area contributed by atoms with Crippen molar-refractivity contribution < 1.29 is 14.3 Å². The predicted molar refractivity (Wildman–Crippen MR) is 111 cm³/mol. The van der Waals surface area contributed by atoms with Crippen LogP contribution in [-0.4, -0.2) is 13.1 Å². The van der Waals surface area contributed by atoms with Gasteiger partial charge in [0.15, 0.2) is 0 Å². The molecule has 0 aliphatic heterocycles. The van der Waals surface area contributed by atoms with E-state index in [2.05, 4.69) is 45.0 Å². The van der Waals surface area contributed by atoms with Gasteiger partial charge in [-0.2, -0.15) is 0 Å². The molecule has 0 heterocycles. The van der Waals surface area contributed by atoms with E-state index in [1.54, 1.807) is 7.11 Å². The molecule has 2 atom stereocenters. The van der Waals surface area contributed by atoms with Crippen LogP contribution in [0.25, 0.3) is 0 Å². The van der Waals surface area contributed by atoms with Crippen LogP contribution in [0.15, 0.2) is 48.5 Å². The van der Waals surface area contributed by atoms with Crippen molar-refractivity contribution in [1.82, 2.24) is 0 Å². The van der Waals surface area contributed by atoms with E-state index in [-0.39, 0.29) is 11.4 Å². The quantitative estimate of drug-likeness (QED) is 0.394. The SMILES string of the molecule is CCCCC(CC)C(C)(c1ccc(OC)cc1)c1ccc(OC(C)=O)cc1. The zero-order chi connectivity index (χ0) is 19.9. The van der Waals surface area contributed by atoms with Gasteiger partial charge in [0.05, 0.1) is 7.11 Å².